The van der Waals surface area contributed by atoms with Crippen LogP contribution in [0.5, 0.6) is 0 Å². The van der Waals surface area contributed by atoms with Crippen LogP contribution in [0.15, 0.2) is 0 Å². The molecule has 1 rings (SSSR count). The summed E-state index contributed by atoms with van der Waals surface area (Å²) in [6.45, 7) is 3.83. The summed E-state index contributed by atoms with van der Waals surface area (Å²) >= 11 is 0. The van der Waals surface area contributed by atoms with E-state index in [0.717, 1.165) is 25.7 Å². The van der Waals surface area contributed by atoms with E-state index in [9.17, 15) is 9.90 Å². The van der Waals surface area contributed by atoms with Gasteiger partial charge in [0.2, 0.25) is 5.91 Å². The molecule has 0 aromatic heterocycles. The van der Waals surface area contributed by atoms with Crippen LogP contribution in [0.1, 0.15) is 46.0 Å². The first-order valence-electron chi connectivity index (χ1n) is 5.52. The molecule has 0 aromatic rings. The van der Waals surface area contributed by atoms with Crippen molar-refractivity contribution in [2.45, 2.75) is 51.5 Å². The molecule has 82 valence electrons. The SMILES string of the molecule is CC(C)C(=O)NC1(CO)CCCCC1. The first kappa shape index (κ1) is 11.5. The lowest BCUT2D eigenvalue weighted by atomic mass is 9.82. The summed E-state index contributed by atoms with van der Waals surface area (Å²) < 4.78 is 0. The van der Waals surface area contributed by atoms with Gasteiger partial charge in [-0.25, -0.2) is 0 Å². The summed E-state index contributed by atoms with van der Waals surface area (Å²) in [6, 6.07) is 0. The fourth-order valence-electron chi connectivity index (χ4n) is 1.96. The van der Waals surface area contributed by atoms with Crippen LogP contribution in [0.2, 0.25) is 0 Å². The smallest absolute Gasteiger partial charge is 0.223 e. The van der Waals surface area contributed by atoms with Crippen molar-refractivity contribution < 1.29 is 9.90 Å². The number of carbonyl (C=O) groups excluding carboxylic acids is 1. The Bertz CT molecular complexity index is 195. The summed E-state index contributed by atoms with van der Waals surface area (Å²) in [7, 11) is 0. The molecule has 1 aliphatic carbocycles. The first-order chi connectivity index (χ1) is 6.59. The number of rotatable bonds is 3. The van der Waals surface area contributed by atoms with Gasteiger partial charge in [0.15, 0.2) is 0 Å². The van der Waals surface area contributed by atoms with Gasteiger partial charge in [-0.05, 0) is 12.8 Å². The average molecular weight is 199 g/mol. The number of nitrogens with one attached hydrogen (secondary N) is 1. The van der Waals surface area contributed by atoms with E-state index in [1.54, 1.807) is 0 Å². The third kappa shape index (κ3) is 2.71. The van der Waals surface area contributed by atoms with Crippen LogP contribution in [-0.4, -0.2) is 23.2 Å². The van der Waals surface area contributed by atoms with Gasteiger partial charge in [-0.2, -0.15) is 0 Å². The normalized spacial score (nSPS) is 20.9. The fourth-order valence-corrected chi connectivity index (χ4v) is 1.96. The summed E-state index contributed by atoms with van der Waals surface area (Å²) in [6.07, 6.45) is 5.28. The molecular formula is C11H21NO2. The maximum Gasteiger partial charge on any atom is 0.223 e. The Morgan fingerprint density at radius 2 is 1.93 bits per heavy atom. The second kappa shape index (κ2) is 4.78. The molecule has 0 aliphatic heterocycles. The van der Waals surface area contributed by atoms with Crippen molar-refractivity contribution in [3.8, 4) is 0 Å². The van der Waals surface area contributed by atoms with Gasteiger partial charge in [0, 0.05) is 5.92 Å². The molecule has 0 heterocycles. The molecule has 1 amide bonds. The minimum absolute atomic E-state index is 0.000325. The van der Waals surface area contributed by atoms with Crippen molar-refractivity contribution in [1.82, 2.24) is 5.32 Å². The Morgan fingerprint density at radius 3 is 2.36 bits per heavy atom. The Labute approximate surface area is 85.9 Å². The van der Waals surface area contributed by atoms with Crippen LogP contribution >= 0.6 is 0 Å². The zero-order valence-corrected chi connectivity index (χ0v) is 9.18. The van der Waals surface area contributed by atoms with Crippen LogP contribution in [0.3, 0.4) is 0 Å². The lowest BCUT2D eigenvalue weighted by Gasteiger charge is -2.37. The summed E-state index contributed by atoms with van der Waals surface area (Å²) in [4.78, 5) is 11.6. The van der Waals surface area contributed by atoms with Gasteiger partial charge in [-0.1, -0.05) is 33.1 Å². The van der Waals surface area contributed by atoms with Gasteiger partial charge in [0.05, 0.1) is 12.1 Å². The number of carbonyl (C=O) groups is 1. The highest BCUT2D eigenvalue weighted by molar-refractivity contribution is 5.78. The maximum absolute atomic E-state index is 11.6. The molecule has 1 fully saturated rings. The van der Waals surface area contributed by atoms with E-state index in [2.05, 4.69) is 5.32 Å². The number of aliphatic hydroxyl groups excluding tert-OH is 1. The summed E-state index contributed by atoms with van der Waals surface area (Å²) in [5, 5.41) is 12.4. The molecule has 1 aliphatic rings. The number of hydrogen-bond acceptors (Lipinski definition) is 2. The molecule has 0 spiro atoms. The molecule has 14 heavy (non-hydrogen) atoms. The van der Waals surface area contributed by atoms with Crippen LogP contribution in [0, 0.1) is 5.92 Å². The molecule has 3 heteroatoms. The predicted molar refractivity (Wildman–Crippen MR) is 55.9 cm³/mol. The third-order valence-corrected chi connectivity index (χ3v) is 3.03. The molecule has 0 radical (unpaired) electrons. The monoisotopic (exact) mass is 199 g/mol. The largest absolute Gasteiger partial charge is 0.394 e. The Hall–Kier alpha value is -0.570. The van der Waals surface area contributed by atoms with E-state index >= 15 is 0 Å². The minimum atomic E-state index is -0.320. The van der Waals surface area contributed by atoms with Crippen LogP contribution in [0.4, 0.5) is 0 Å². The Balaban J connectivity index is 2.56. The quantitative estimate of drug-likeness (QED) is 0.723. The van der Waals surface area contributed by atoms with Crippen LogP contribution in [-0.2, 0) is 4.79 Å². The third-order valence-electron chi connectivity index (χ3n) is 3.03. The van der Waals surface area contributed by atoms with Gasteiger partial charge in [0.25, 0.3) is 0 Å². The van der Waals surface area contributed by atoms with Crippen molar-refractivity contribution >= 4 is 5.91 Å². The maximum atomic E-state index is 11.6. The standard InChI is InChI=1S/C11H21NO2/c1-9(2)10(14)12-11(8-13)6-4-3-5-7-11/h9,13H,3-8H2,1-2H3,(H,12,14). The van der Waals surface area contributed by atoms with Crippen molar-refractivity contribution in [2.24, 2.45) is 5.92 Å². The van der Waals surface area contributed by atoms with Crippen molar-refractivity contribution in [1.29, 1.82) is 0 Å². The molecular weight excluding hydrogens is 178 g/mol. The van der Waals surface area contributed by atoms with E-state index in [4.69, 9.17) is 0 Å². The molecule has 0 aromatic carbocycles. The lowest BCUT2D eigenvalue weighted by Crippen LogP contribution is -2.53. The van der Waals surface area contributed by atoms with Crippen molar-refractivity contribution in [3.05, 3.63) is 0 Å². The van der Waals surface area contributed by atoms with Gasteiger partial charge in [-0.3, -0.25) is 4.79 Å². The van der Waals surface area contributed by atoms with Crippen LogP contribution < -0.4 is 5.32 Å². The predicted octanol–water partition coefficient (Wildman–Crippen LogP) is 1.45. The number of amides is 1. The van der Waals surface area contributed by atoms with Gasteiger partial charge < -0.3 is 10.4 Å². The molecule has 0 bridgehead atoms. The van der Waals surface area contributed by atoms with Crippen molar-refractivity contribution in [2.75, 3.05) is 6.61 Å². The lowest BCUT2D eigenvalue weighted by molar-refractivity contribution is -0.127. The number of aliphatic hydroxyl groups is 1. The van der Waals surface area contributed by atoms with Crippen LogP contribution in [0.25, 0.3) is 0 Å². The van der Waals surface area contributed by atoms with Gasteiger partial charge in [0.1, 0.15) is 0 Å². The minimum Gasteiger partial charge on any atom is -0.394 e. The topological polar surface area (TPSA) is 49.3 Å². The van der Waals surface area contributed by atoms with Gasteiger partial charge >= 0.3 is 0 Å². The highest BCUT2D eigenvalue weighted by Gasteiger charge is 2.33. The van der Waals surface area contributed by atoms with E-state index < -0.39 is 0 Å². The molecule has 0 saturated heterocycles. The summed E-state index contributed by atoms with van der Waals surface area (Å²) in [5.74, 6) is 0.0568. The van der Waals surface area contributed by atoms with E-state index in [-0.39, 0.29) is 24.0 Å². The highest BCUT2D eigenvalue weighted by Crippen LogP contribution is 2.27. The molecule has 2 N–H and O–H groups in total. The summed E-state index contributed by atoms with van der Waals surface area (Å²) in [5.41, 5.74) is -0.320. The molecule has 0 unspecified atom stereocenters. The van der Waals surface area contributed by atoms with Gasteiger partial charge in [-0.15, -0.1) is 0 Å². The van der Waals surface area contributed by atoms with Crippen molar-refractivity contribution in [3.63, 3.8) is 0 Å². The van der Waals surface area contributed by atoms with E-state index in [1.165, 1.54) is 6.42 Å². The molecule has 0 atom stereocenters. The molecule has 3 nitrogen and oxygen atoms in total. The van der Waals surface area contributed by atoms with E-state index in [1.807, 2.05) is 13.8 Å². The first-order valence-corrected chi connectivity index (χ1v) is 5.52. The fraction of sp³-hybridized carbons (Fsp3) is 0.909. The zero-order chi connectivity index (χ0) is 10.6. The zero-order valence-electron chi connectivity index (χ0n) is 9.18. The second-order valence-corrected chi connectivity index (χ2v) is 4.64. The van der Waals surface area contributed by atoms with E-state index in [0.29, 0.717) is 0 Å². The average Bonchev–Trinajstić information content (AvgIpc) is 2.19. The molecule has 1 saturated carbocycles. The second-order valence-electron chi connectivity index (χ2n) is 4.64. The Kier molecular flexibility index (Phi) is 3.93. The number of hydrogen-bond donors (Lipinski definition) is 2. The Morgan fingerprint density at radius 1 is 1.36 bits per heavy atom. The highest BCUT2D eigenvalue weighted by atomic mass is 16.3.